The van der Waals surface area contributed by atoms with Crippen molar-refractivity contribution in [1.82, 2.24) is 4.98 Å². The quantitative estimate of drug-likeness (QED) is 0.695. The van der Waals surface area contributed by atoms with Crippen molar-refractivity contribution in [1.29, 1.82) is 0 Å². The molecule has 0 amide bonds. The van der Waals surface area contributed by atoms with Gasteiger partial charge in [-0.25, -0.2) is 8.78 Å². The Kier molecular flexibility index (Phi) is 2.86. The average Bonchev–Trinajstić information content (AvgIpc) is 2.79. The van der Waals surface area contributed by atoms with Crippen molar-refractivity contribution >= 4 is 17.2 Å². The van der Waals surface area contributed by atoms with Gasteiger partial charge in [0.15, 0.2) is 17.9 Å². The summed E-state index contributed by atoms with van der Waals surface area (Å²) in [7, 11) is 0. The first-order valence-corrected chi connectivity index (χ1v) is 6.13. The largest absolute Gasteiger partial charge is 0.354 e. The molecule has 0 aliphatic carbocycles. The molecule has 1 heterocycles. The first-order valence-electron chi connectivity index (χ1n) is 6.13. The van der Waals surface area contributed by atoms with Crippen LogP contribution in [-0.4, -0.2) is 11.3 Å². The molecule has 2 aromatic carbocycles. The Bertz CT molecular complexity index is 821. The maximum absolute atomic E-state index is 13.3. The summed E-state index contributed by atoms with van der Waals surface area (Å²) >= 11 is 0. The Labute approximate surface area is 114 Å². The lowest BCUT2D eigenvalue weighted by Crippen LogP contribution is -1.88. The number of rotatable bonds is 2. The molecule has 3 aromatic rings. The lowest BCUT2D eigenvalue weighted by atomic mass is 10.0. The minimum absolute atomic E-state index is 0.444. The molecule has 100 valence electrons. The van der Waals surface area contributed by atoms with E-state index in [9.17, 15) is 13.6 Å². The Balaban J connectivity index is 2.30. The number of aromatic amines is 1. The number of hydrogen-bond donors (Lipinski definition) is 1. The summed E-state index contributed by atoms with van der Waals surface area (Å²) in [6.45, 7) is 1.93. The summed E-state index contributed by atoms with van der Waals surface area (Å²) in [5.74, 6) is -1.84. The second-order valence-electron chi connectivity index (χ2n) is 4.71. The summed E-state index contributed by atoms with van der Waals surface area (Å²) < 4.78 is 26.3. The maximum atomic E-state index is 13.3. The van der Waals surface area contributed by atoms with Crippen LogP contribution in [0.5, 0.6) is 0 Å². The summed E-state index contributed by atoms with van der Waals surface area (Å²) in [6, 6.07) is 9.25. The third-order valence-corrected chi connectivity index (χ3v) is 3.32. The molecule has 3 rings (SSSR count). The Morgan fingerprint density at radius 3 is 2.55 bits per heavy atom. The van der Waals surface area contributed by atoms with Crippen LogP contribution in [0.4, 0.5) is 8.78 Å². The normalized spacial score (nSPS) is 10.9. The molecule has 0 aliphatic rings. The summed E-state index contributed by atoms with van der Waals surface area (Å²) in [5.41, 5.74) is 3.21. The smallest absolute Gasteiger partial charge is 0.159 e. The van der Waals surface area contributed by atoms with Gasteiger partial charge in [0, 0.05) is 22.0 Å². The van der Waals surface area contributed by atoms with E-state index in [0.717, 1.165) is 34.9 Å². The van der Waals surface area contributed by atoms with Gasteiger partial charge in [0.05, 0.1) is 5.69 Å². The van der Waals surface area contributed by atoms with Crippen LogP contribution in [0.3, 0.4) is 0 Å². The van der Waals surface area contributed by atoms with Crippen LogP contribution in [0.25, 0.3) is 22.2 Å². The number of carbonyl (C=O) groups is 1. The standard InChI is InChI=1S/C16H11F2NO/c1-9-2-5-15-11(6-9)12(8-20)16(19-15)10-3-4-13(17)14(18)7-10/h2-8,19H,1H3. The molecule has 0 saturated carbocycles. The first kappa shape index (κ1) is 12.5. The van der Waals surface area contributed by atoms with Crippen LogP contribution >= 0.6 is 0 Å². The molecule has 1 aromatic heterocycles. The van der Waals surface area contributed by atoms with E-state index in [0.29, 0.717) is 16.8 Å². The zero-order chi connectivity index (χ0) is 14.3. The fourth-order valence-corrected chi connectivity index (χ4v) is 2.33. The number of H-pyrrole nitrogens is 1. The Morgan fingerprint density at radius 2 is 1.85 bits per heavy atom. The van der Waals surface area contributed by atoms with Gasteiger partial charge in [-0.1, -0.05) is 11.6 Å². The molecule has 0 aliphatic heterocycles. The van der Waals surface area contributed by atoms with Gasteiger partial charge in [-0.05, 0) is 37.3 Å². The van der Waals surface area contributed by atoms with E-state index in [1.807, 2.05) is 25.1 Å². The summed E-state index contributed by atoms with van der Waals surface area (Å²) in [4.78, 5) is 14.4. The second kappa shape index (κ2) is 4.56. The van der Waals surface area contributed by atoms with Crippen molar-refractivity contribution in [2.75, 3.05) is 0 Å². The lowest BCUT2D eigenvalue weighted by Gasteiger charge is -2.01. The number of aromatic nitrogens is 1. The number of carbonyl (C=O) groups excluding carboxylic acids is 1. The van der Waals surface area contributed by atoms with Crippen LogP contribution in [0, 0.1) is 18.6 Å². The fraction of sp³-hybridized carbons (Fsp3) is 0.0625. The van der Waals surface area contributed by atoms with Crippen molar-refractivity contribution in [3.63, 3.8) is 0 Å². The average molecular weight is 271 g/mol. The van der Waals surface area contributed by atoms with Crippen molar-refractivity contribution < 1.29 is 13.6 Å². The van der Waals surface area contributed by atoms with Gasteiger partial charge in [-0.2, -0.15) is 0 Å². The van der Waals surface area contributed by atoms with Crippen LogP contribution in [-0.2, 0) is 0 Å². The van der Waals surface area contributed by atoms with Gasteiger partial charge in [0.1, 0.15) is 0 Å². The molecule has 4 heteroatoms. The third-order valence-electron chi connectivity index (χ3n) is 3.32. The molecular formula is C16H11F2NO. The molecule has 0 unspecified atom stereocenters. The SMILES string of the molecule is Cc1ccc2[nH]c(-c3ccc(F)c(F)c3)c(C=O)c2c1. The molecule has 20 heavy (non-hydrogen) atoms. The van der Waals surface area contributed by atoms with Crippen molar-refractivity contribution in [2.24, 2.45) is 0 Å². The van der Waals surface area contributed by atoms with Crippen molar-refractivity contribution in [3.05, 3.63) is 59.2 Å². The predicted molar refractivity (Wildman–Crippen MR) is 73.8 cm³/mol. The van der Waals surface area contributed by atoms with E-state index < -0.39 is 11.6 Å². The molecule has 2 nitrogen and oxygen atoms in total. The number of aryl methyl sites for hydroxylation is 1. The summed E-state index contributed by atoms with van der Waals surface area (Å²) in [5, 5.41) is 0.778. The topological polar surface area (TPSA) is 32.9 Å². The molecule has 0 bridgehead atoms. The first-order chi connectivity index (χ1) is 9.60. The Morgan fingerprint density at radius 1 is 1.05 bits per heavy atom. The van der Waals surface area contributed by atoms with Gasteiger partial charge >= 0.3 is 0 Å². The van der Waals surface area contributed by atoms with Crippen molar-refractivity contribution in [2.45, 2.75) is 6.92 Å². The molecule has 0 fully saturated rings. The van der Waals surface area contributed by atoms with Crippen molar-refractivity contribution in [3.8, 4) is 11.3 Å². The highest BCUT2D eigenvalue weighted by atomic mass is 19.2. The van der Waals surface area contributed by atoms with E-state index in [-0.39, 0.29) is 0 Å². The highest BCUT2D eigenvalue weighted by Crippen LogP contribution is 2.30. The number of fused-ring (bicyclic) bond motifs is 1. The molecule has 0 saturated heterocycles. The van der Waals surface area contributed by atoms with Gasteiger partial charge < -0.3 is 4.98 Å². The Hall–Kier alpha value is -2.49. The molecular weight excluding hydrogens is 260 g/mol. The lowest BCUT2D eigenvalue weighted by molar-refractivity contribution is 0.112. The van der Waals surface area contributed by atoms with E-state index >= 15 is 0 Å². The second-order valence-corrected chi connectivity index (χ2v) is 4.71. The monoisotopic (exact) mass is 271 g/mol. The third kappa shape index (κ3) is 1.90. The molecule has 1 N–H and O–H groups in total. The zero-order valence-electron chi connectivity index (χ0n) is 10.7. The fourth-order valence-electron chi connectivity index (χ4n) is 2.33. The number of hydrogen-bond acceptors (Lipinski definition) is 1. The van der Waals surface area contributed by atoms with Gasteiger partial charge in [-0.15, -0.1) is 0 Å². The highest BCUT2D eigenvalue weighted by molar-refractivity contribution is 6.04. The van der Waals surface area contributed by atoms with Crippen LogP contribution in [0.1, 0.15) is 15.9 Å². The molecule has 0 radical (unpaired) electrons. The van der Waals surface area contributed by atoms with Gasteiger partial charge in [-0.3, -0.25) is 4.79 Å². The molecule has 0 atom stereocenters. The number of aldehydes is 1. The van der Waals surface area contributed by atoms with E-state index in [1.54, 1.807) is 0 Å². The predicted octanol–water partition coefficient (Wildman–Crippen LogP) is 4.23. The van der Waals surface area contributed by atoms with Gasteiger partial charge in [0.2, 0.25) is 0 Å². The van der Waals surface area contributed by atoms with E-state index in [1.165, 1.54) is 6.07 Å². The molecule has 0 spiro atoms. The minimum Gasteiger partial charge on any atom is -0.354 e. The van der Waals surface area contributed by atoms with Crippen LogP contribution in [0.15, 0.2) is 36.4 Å². The van der Waals surface area contributed by atoms with Gasteiger partial charge in [0.25, 0.3) is 0 Å². The van der Waals surface area contributed by atoms with Crippen LogP contribution in [0.2, 0.25) is 0 Å². The number of benzene rings is 2. The maximum Gasteiger partial charge on any atom is 0.159 e. The summed E-state index contributed by atoms with van der Waals surface area (Å²) in [6.07, 6.45) is 0.731. The highest BCUT2D eigenvalue weighted by Gasteiger charge is 2.14. The van der Waals surface area contributed by atoms with Crippen LogP contribution < -0.4 is 0 Å². The number of halogens is 2. The zero-order valence-corrected chi connectivity index (χ0v) is 10.7. The van der Waals surface area contributed by atoms with E-state index in [2.05, 4.69) is 4.98 Å². The van der Waals surface area contributed by atoms with E-state index in [4.69, 9.17) is 0 Å². The minimum atomic E-state index is -0.936. The number of nitrogens with one attached hydrogen (secondary N) is 1.